The van der Waals surface area contributed by atoms with Crippen molar-refractivity contribution in [1.82, 2.24) is 0 Å². The van der Waals surface area contributed by atoms with E-state index in [0.29, 0.717) is 0 Å². The molecular weight excluding hydrogens is 591 g/mol. The summed E-state index contributed by atoms with van der Waals surface area (Å²) in [4.78, 5) is 2.52. The van der Waals surface area contributed by atoms with Crippen LogP contribution in [0.4, 0.5) is 28.4 Å². The van der Waals surface area contributed by atoms with Crippen molar-refractivity contribution in [3.63, 3.8) is 0 Å². The smallest absolute Gasteiger partial charge is 0.197 e. The number of anilines is 5. The zero-order valence-corrected chi connectivity index (χ0v) is 28.0. The van der Waals surface area contributed by atoms with Gasteiger partial charge in [0.2, 0.25) is 0 Å². The molecule has 0 fully saturated rings. The summed E-state index contributed by atoms with van der Waals surface area (Å²) in [5, 5.41) is 3.85. The van der Waals surface area contributed by atoms with Crippen LogP contribution in [0.25, 0.3) is 33.4 Å². The third-order valence-corrected chi connectivity index (χ3v) is 10.3. The highest BCUT2D eigenvalue weighted by molar-refractivity contribution is 6.73. The molecule has 0 atom stereocenters. The number of para-hydroxylation sites is 2. The largest absolute Gasteiger partial charge is 0.355 e. The maximum Gasteiger partial charge on any atom is 0.197 e. The molecule has 7 aromatic rings. The molecule has 0 saturated carbocycles. The molecule has 3 heteroatoms. The molecule has 2 aliphatic rings. The van der Waals surface area contributed by atoms with Crippen molar-refractivity contribution in [2.24, 2.45) is 0 Å². The first-order valence-electron chi connectivity index (χ1n) is 17.1. The number of hydrogen-bond donors (Lipinski definition) is 1. The maximum absolute atomic E-state index is 3.85. The van der Waals surface area contributed by atoms with E-state index < -0.39 is 0 Å². The van der Waals surface area contributed by atoms with Gasteiger partial charge < -0.3 is 10.2 Å². The summed E-state index contributed by atoms with van der Waals surface area (Å²) in [7, 11) is 2.42. The van der Waals surface area contributed by atoms with E-state index in [1.807, 2.05) is 0 Å². The van der Waals surface area contributed by atoms with Crippen molar-refractivity contribution >= 4 is 46.6 Å². The molecule has 0 aliphatic carbocycles. The van der Waals surface area contributed by atoms with Crippen molar-refractivity contribution in [3.8, 4) is 33.4 Å². The van der Waals surface area contributed by atoms with Gasteiger partial charge >= 0.3 is 0 Å². The minimum atomic E-state index is -0.105. The molecule has 2 aliphatic heterocycles. The molecule has 0 amide bonds. The van der Waals surface area contributed by atoms with Gasteiger partial charge in [0.15, 0.2) is 7.28 Å². The first-order valence-corrected chi connectivity index (χ1v) is 17.1. The molecule has 0 spiro atoms. The number of nitrogens with one attached hydrogen (secondary N) is 1. The van der Waals surface area contributed by atoms with Crippen molar-refractivity contribution in [2.45, 2.75) is 26.2 Å². The summed E-state index contributed by atoms with van der Waals surface area (Å²) in [6, 6.07) is 57.3. The van der Waals surface area contributed by atoms with E-state index in [-0.39, 0.29) is 5.41 Å². The van der Waals surface area contributed by atoms with Crippen LogP contribution in [-0.4, -0.2) is 7.28 Å². The first-order chi connectivity index (χ1) is 24.0. The van der Waals surface area contributed by atoms with Gasteiger partial charge in [0.25, 0.3) is 0 Å². The second kappa shape index (κ2) is 11.4. The summed E-state index contributed by atoms with van der Waals surface area (Å²) in [6.45, 7) is 6.94. The number of fused-ring (bicyclic) bond motifs is 4. The Balaban J connectivity index is 1.25. The van der Waals surface area contributed by atoms with Gasteiger partial charge in [-0.1, -0.05) is 141 Å². The Labute approximate surface area is 290 Å². The van der Waals surface area contributed by atoms with E-state index in [0.717, 1.165) is 11.4 Å². The molecule has 2 nitrogen and oxygen atoms in total. The van der Waals surface area contributed by atoms with Crippen LogP contribution in [0, 0.1) is 6.92 Å². The third kappa shape index (κ3) is 4.88. The summed E-state index contributed by atoms with van der Waals surface area (Å²) in [6.07, 6.45) is 0. The van der Waals surface area contributed by atoms with Crippen LogP contribution in [0.3, 0.4) is 0 Å². The molecule has 9 rings (SSSR count). The van der Waals surface area contributed by atoms with Gasteiger partial charge in [-0.2, -0.15) is 0 Å². The summed E-state index contributed by atoms with van der Waals surface area (Å²) in [5.41, 5.74) is 19.4. The van der Waals surface area contributed by atoms with Crippen molar-refractivity contribution in [1.29, 1.82) is 0 Å². The molecular formula is C46H36BN2. The van der Waals surface area contributed by atoms with Crippen LogP contribution in [0.2, 0.25) is 0 Å². The average Bonchev–Trinajstić information content (AvgIpc) is 3.14. The van der Waals surface area contributed by atoms with Gasteiger partial charge in [0, 0.05) is 33.7 Å². The Bertz CT molecular complexity index is 2380. The van der Waals surface area contributed by atoms with Crippen molar-refractivity contribution in [2.75, 3.05) is 10.2 Å². The van der Waals surface area contributed by atoms with E-state index >= 15 is 0 Å². The lowest BCUT2D eigenvalue weighted by atomic mass is 9.56. The predicted molar refractivity (Wildman–Crippen MR) is 209 cm³/mol. The van der Waals surface area contributed by atoms with Gasteiger partial charge in [0.05, 0.1) is 5.69 Å². The fourth-order valence-corrected chi connectivity index (χ4v) is 7.89. The molecule has 0 aromatic heterocycles. The van der Waals surface area contributed by atoms with Crippen LogP contribution in [0.5, 0.6) is 0 Å². The normalized spacial score (nSPS) is 13.5. The second-order valence-corrected chi connectivity index (χ2v) is 13.8. The minimum Gasteiger partial charge on any atom is -0.355 e. The molecule has 2 heterocycles. The topological polar surface area (TPSA) is 15.3 Å². The molecule has 233 valence electrons. The quantitative estimate of drug-likeness (QED) is 0.191. The number of rotatable bonds is 5. The Morgan fingerprint density at radius 2 is 1.18 bits per heavy atom. The molecule has 1 N–H and O–H groups in total. The van der Waals surface area contributed by atoms with Gasteiger partial charge in [-0.05, 0) is 93.3 Å². The Kier molecular flexibility index (Phi) is 6.84. The maximum atomic E-state index is 3.85. The SMILES string of the molecule is Cc1cc(-c2cc(-c3ccccc3)ccc2Nc2cccc(-c3ccccc3)c2)c2c(c1)N1c3ccccc3C(C)(C)c3cccc(c31)[B]2. The summed E-state index contributed by atoms with van der Waals surface area (Å²) >= 11 is 0. The van der Waals surface area contributed by atoms with E-state index in [1.54, 1.807) is 0 Å². The van der Waals surface area contributed by atoms with Crippen LogP contribution >= 0.6 is 0 Å². The van der Waals surface area contributed by atoms with Gasteiger partial charge in [-0.3, -0.25) is 0 Å². The molecule has 49 heavy (non-hydrogen) atoms. The highest BCUT2D eigenvalue weighted by atomic mass is 15.2. The molecule has 0 unspecified atom stereocenters. The fourth-order valence-electron chi connectivity index (χ4n) is 7.89. The zero-order chi connectivity index (χ0) is 33.1. The lowest BCUT2D eigenvalue weighted by Crippen LogP contribution is -2.45. The van der Waals surface area contributed by atoms with Crippen LogP contribution < -0.4 is 21.1 Å². The molecule has 0 saturated heterocycles. The van der Waals surface area contributed by atoms with E-state index in [2.05, 4.69) is 196 Å². The lowest BCUT2D eigenvalue weighted by molar-refractivity contribution is 0.632. The van der Waals surface area contributed by atoms with E-state index in [4.69, 9.17) is 0 Å². The fraction of sp³-hybridized carbons (Fsp3) is 0.0870. The average molecular weight is 628 g/mol. The van der Waals surface area contributed by atoms with E-state index in [1.165, 1.54) is 78.1 Å². The third-order valence-electron chi connectivity index (χ3n) is 10.3. The van der Waals surface area contributed by atoms with Gasteiger partial charge in [-0.15, -0.1) is 0 Å². The van der Waals surface area contributed by atoms with Gasteiger partial charge in [-0.25, -0.2) is 0 Å². The van der Waals surface area contributed by atoms with Crippen LogP contribution in [-0.2, 0) is 5.41 Å². The predicted octanol–water partition coefficient (Wildman–Crippen LogP) is 10.8. The molecule has 1 radical (unpaired) electrons. The lowest BCUT2D eigenvalue weighted by Gasteiger charge is -2.46. The number of aryl methyl sites for hydroxylation is 1. The molecule has 0 bridgehead atoms. The number of benzene rings is 7. The second-order valence-electron chi connectivity index (χ2n) is 13.8. The highest BCUT2D eigenvalue weighted by Crippen LogP contribution is 2.52. The van der Waals surface area contributed by atoms with E-state index in [9.17, 15) is 0 Å². The van der Waals surface area contributed by atoms with Crippen LogP contribution in [0.1, 0.15) is 30.5 Å². The summed E-state index contributed by atoms with van der Waals surface area (Å²) in [5.74, 6) is 0. The Morgan fingerprint density at radius 1 is 0.531 bits per heavy atom. The number of hydrogen-bond acceptors (Lipinski definition) is 2. The monoisotopic (exact) mass is 627 g/mol. The zero-order valence-electron chi connectivity index (χ0n) is 28.0. The Hall–Kier alpha value is -5.80. The molecule has 7 aromatic carbocycles. The highest BCUT2D eigenvalue weighted by Gasteiger charge is 2.40. The summed E-state index contributed by atoms with van der Waals surface area (Å²) < 4.78 is 0. The van der Waals surface area contributed by atoms with Crippen LogP contribution in [0.15, 0.2) is 158 Å². The van der Waals surface area contributed by atoms with Gasteiger partial charge in [0.1, 0.15) is 0 Å². The van der Waals surface area contributed by atoms with Crippen molar-refractivity contribution in [3.05, 3.63) is 174 Å². The number of nitrogens with zero attached hydrogens (tertiary/aromatic N) is 1. The standard InChI is InChI=1S/C46H36BN2/c1-30-26-37(44-43(27-30)49-42-23-11-10-20-38(42)46(2,3)39-21-13-22-40(47-44)45(39)49)36-29-34(32-16-8-5-9-17-32)24-25-41(36)48-35-19-12-18-33(28-35)31-14-6-4-7-15-31/h4-29,48H,1-3H3. The van der Waals surface area contributed by atoms with Crippen molar-refractivity contribution < 1.29 is 0 Å². The Morgan fingerprint density at radius 3 is 1.96 bits per heavy atom. The minimum absolute atomic E-state index is 0.105. The first kappa shape index (κ1) is 29.4.